The van der Waals surface area contributed by atoms with Crippen LogP contribution in [0.4, 0.5) is 8.78 Å². The maximum atomic E-state index is 14.3. The average molecular weight is 1010 g/mol. The number of Topliss-reactive ketones (excluding diaryl/α,β-unsaturated/α-hetero) is 4. The van der Waals surface area contributed by atoms with Gasteiger partial charge in [0, 0.05) is 69.5 Å². The van der Waals surface area contributed by atoms with Crippen molar-refractivity contribution in [2.75, 3.05) is 28.4 Å². The number of allylic oxidation sites excluding steroid dienone is 1. The second kappa shape index (κ2) is 23.7. The molecular weight excluding hydrogens is 955 g/mol. The molecule has 0 saturated heterocycles. The third-order valence-corrected chi connectivity index (χ3v) is 13.6. The fourth-order valence-electron chi connectivity index (χ4n) is 8.17. The Hall–Kier alpha value is -7.42. The number of methoxy groups -OCH3 is 4. The zero-order chi connectivity index (χ0) is 51.6. The third-order valence-electron chi connectivity index (χ3n) is 11.6. The van der Waals surface area contributed by atoms with Crippen molar-refractivity contribution in [2.24, 2.45) is 5.92 Å². The van der Waals surface area contributed by atoms with E-state index in [9.17, 15) is 28.0 Å². The van der Waals surface area contributed by atoms with Gasteiger partial charge in [0.2, 0.25) is 0 Å². The summed E-state index contributed by atoms with van der Waals surface area (Å²) in [5, 5.41) is 5.27. The lowest BCUT2D eigenvalue weighted by Crippen LogP contribution is -2.09. The molecule has 0 atom stereocenters. The van der Waals surface area contributed by atoms with Crippen molar-refractivity contribution in [3.05, 3.63) is 159 Å². The van der Waals surface area contributed by atoms with Gasteiger partial charge in [-0.3, -0.25) is 19.2 Å². The first-order valence-electron chi connectivity index (χ1n) is 23.2. The Morgan fingerprint density at radius 1 is 0.556 bits per heavy atom. The lowest BCUT2D eigenvalue weighted by Gasteiger charge is -2.11. The van der Waals surface area contributed by atoms with Gasteiger partial charge in [-0.05, 0) is 110 Å². The number of hydrogen-bond acceptors (Lipinski definition) is 12. The van der Waals surface area contributed by atoms with Crippen LogP contribution >= 0.6 is 22.7 Å². The molecule has 0 amide bonds. The van der Waals surface area contributed by atoms with Crippen LogP contribution in [0.15, 0.2) is 113 Å². The Kier molecular flexibility index (Phi) is 17.2. The molecule has 0 radical (unpaired) electrons. The van der Waals surface area contributed by atoms with Gasteiger partial charge in [-0.2, -0.15) is 0 Å². The van der Waals surface area contributed by atoms with E-state index >= 15 is 0 Å². The molecule has 0 aliphatic carbocycles. The third kappa shape index (κ3) is 12.4. The zero-order valence-electron chi connectivity index (χ0n) is 41.3. The highest BCUT2D eigenvalue weighted by atomic mass is 32.1. The Morgan fingerprint density at radius 3 is 1.44 bits per heavy atom. The van der Waals surface area contributed by atoms with Crippen LogP contribution in [-0.2, 0) is 6.42 Å². The Morgan fingerprint density at radius 2 is 1.00 bits per heavy atom. The second-order valence-electron chi connectivity index (χ2n) is 17.6. The Labute approximate surface area is 425 Å². The lowest BCUT2D eigenvalue weighted by molar-refractivity contribution is 0.0915. The number of ketones is 4. The van der Waals surface area contributed by atoms with E-state index in [1.807, 2.05) is 61.0 Å². The summed E-state index contributed by atoms with van der Waals surface area (Å²) in [5.74, 6) is 1.01. The molecule has 0 bridgehead atoms. The first kappa shape index (κ1) is 52.4. The molecule has 72 heavy (non-hydrogen) atoms. The molecule has 0 unspecified atom stereocenters. The molecule has 8 aromatic rings. The fraction of sp³-hybridized carbons (Fsp3) is 0.241. The predicted molar refractivity (Wildman–Crippen MR) is 283 cm³/mol. The monoisotopic (exact) mass is 1010 g/mol. The molecule has 0 fully saturated rings. The average Bonchev–Trinajstić information content (AvgIpc) is 4.03. The van der Waals surface area contributed by atoms with Gasteiger partial charge in [0.15, 0.2) is 46.1 Å². The molecule has 0 N–H and O–H groups in total. The normalized spacial score (nSPS) is 11.0. The summed E-state index contributed by atoms with van der Waals surface area (Å²) in [6.07, 6.45) is 2.86. The fourth-order valence-corrected chi connectivity index (χ4v) is 10.1. The van der Waals surface area contributed by atoms with Crippen LogP contribution in [0.3, 0.4) is 0 Å². The van der Waals surface area contributed by atoms with Crippen LogP contribution in [0.2, 0.25) is 0 Å². The van der Waals surface area contributed by atoms with Gasteiger partial charge in [0.1, 0.15) is 23.0 Å². The van der Waals surface area contributed by atoms with Crippen molar-refractivity contribution < 1.29 is 46.9 Å². The van der Waals surface area contributed by atoms with Gasteiger partial charge < -0.3 is 18.9 Å². The van der Waals surface area contributed by atoms with Gasteiger partial charge in [-0.1, -0.05) is 49.8 Å². The van der Waals surface area contributed by atoms with Crippen LogP contribution in [0.25, 0.3) is 48.8 Å². The number of ether oxygens (including phenoxy) is 4. The minimum absolute atomic E-state index is 0.0108. The molecule has 14 heteroatoms. The number of pyridine rings is 2. The first-order valence-corrected chi connectivity index (χ1v) is 24.9. The van der Waals surface area contributed by atoms with E-state index in [1.54, 1.807) is 54.6 Å². The van der Waals surface area contributed by atoms with Crippen molar-refractivity contribution in [1.29, 1.82) is 0 Å². The summed E-state index contributed by atoms with van der Waals surface area (Å²) in [5.41, 5.74) is 7.17. The highest BCUT2D eigenvalue weighted by Gasteiger charge is 2.21. The van der Waals surface area contributed by atoms with E-state index in [0.29, 0.717) is 66.5 Å². The smallest absolute Gasteiger partial charge is 0.181 e. The summed E-state index contributed by atoms with van der Waals surface area (Å²) in [6, 6.07) is 27.2. The number of thiophene rings is 2. The van der Waals surface area contributed by atoms with E-state index in [1.165, 1.54) is 63.2 Å². The van der Waals surface area contributed by atoms with E-state index in [4.69, 9.17) is 18.9 Å². The van der Waals surface area contributed by atoms with Crippen LogP contribution < -0.4 is 18.9 Å². The molecule has 0 aliphatic rings. The zero-order valence-corrected chi connectivity index (χ0v) is 42.9. The quantitative estimate of drug-likeness (QED) is 0.0721. The molecule has 4 aromatic carbocycles. The van der Waals surface area contributed by atoms with E-state index in [2.05, 4.69) is 23.8 Å². The van der Waals surface area contributed by atoms with Gasteiger partial charge in [-0.25, -0.2) is 18.7 Å². The Balaban J connectivity index is 0.000000211. The van der Waals surface area contributed by atoms with Crippen molar-refractivity contribution in [2.45, 2.75) is 59.8 Å². The van der Waals surface area contributed by atoms with Crippen LogP contribution in [0.1, 0.15) is 106 Å². The summed E-state index contributed by atoms with van der Waals surface area (Å²) >= 11 is 2.63. The van der Waals surface area contributed by atoms with Crippen LogP contribution in [0.5, 0.6) is 23.0 Å². The number of halogens is 2. The number of benzene rings is 4. The lowest BCUT2D eigenvalue weighted by atomic mass is 9.98. The molecule has 4 aromatic heterocycles. The second-order valence-corrected chi connectivity index (χ2v) is 19.4. The molecule has 370 valence electrons. The van der Waals surface area contributed by atoms with Crippen molar-refractivity contribution in [3.63, 3.8) is 0 Å². The van der Waals surface area contributed by atoms with Crippen LogP contribution in [0, 0.1) is 17.6 Å². The molecule has 0 spiro atoms. The molecule has 0 aliphatic heterocycles. The van der Waals surface area contributed by atoms with Crippen molar-refractivity contribution in [3.8, 4) is 45.5 Å². The number of hydrogen-bond donors (Lipinski definition) is 0. The minimum atomic E-state index is -0.283. The van der Waals surface area contributed by atoms with Gasteiger partial charge in [0.25, 0.3) is 0 Å². The summed E-state index contributed by atoms with van der Waals surface area (Å²) in [7, 11) is 6.07. The Bertz CT molecular complexity index is 3350. The van der Waals surface area contributed by atoms with Gasteiger partial charge >= 0.3 is 0 Å². The molecule has 8 rings (SSSR count). The van der Waals surface area contributed by atoms with Gasteiger partial charge in [0.05, 0.1) is 49.2 Å². The molecule has 0 saturated carbocycles. The van der Waals surface area contributed by atoms with E-state index in [0.717, 1.165) is 45.0 Å². The number of fused-ring (bicyclic) bond motifs is 2. The topological polar surface area (TPSA) is 131 Å². The minimum Gasteiger partial charge on any atom is -0.493 e. The maximum Gasteiger partial charge on any atom is 0.181 e. The van der Waals surface area contributed by atoms with Gasteiger partial charge in [-0.15, -0.1) is 22.7 Å². The number of rotatable bonds is 19. The highest BCUT2D eigenvalue weighted by Crippen LogP contribution is 2.37. The summed E-state index contributed by atoms with van der Waals surface area (Å²) in [4.78, 5) is 61.2. The largest absolute Gasteiger partial charge is 0.493 e. The number of carbonyl (C=O) groups excluding carboxylic acids is 4. The number of aromatic nitrogens is 2. The standard InChI is InChI=1S/C29H28FNO4S.C29H26FNO4S/c2*1-17(2)12-18-13-23(21-16-36-29-20(21)6-5-7-22(29)30)31-24(14-18)26(33)10-9-25(32)19-8-11-27(34-3)28(15-19)35-4/h5-8,11,13-17H,9-10,12H2,1-4H3;5-8,11-16H,9-10H2,1-4H3. The molecule has 4 heterocycles. The maximum absolute atomic E-state index is 14.3. The predicted octanol–water partition coefficient (Wildman–Crippen LogP) is 14.6. The highest BCUT2D eigenvalue weighted by molar-refractivity contribution is 7.18. The molecule has 10 nitrogen and oxygen atoms in total. The molecular formula is C58H54F2N2O8S2. The van der Waals surface area contributed by atoms with E-state index < -0.39 is 0 Å². The summed E-state index contributed by atoms with van der Waals surface area (Å²) < 4.78 is 50.6. The van der Waals surface area contributed by atoms with Crippen LogP contribution in [-0.4, -0.2) is 61.5 Å². The van der Waals surface area contributed by atoms with Crippen molar-refractivity contribution >= 4 is 72.1 Å². The van der Waals surface area contributed by atoms with E-state index in [-0.39, 0.29) is 66.1 Å². The summed E-state index contributed by atoms with van der Waals surface area (Å²) in [6.45, 7) is 8.16. The number of nitrogens with zero attached hydrogens (tertiary/aromatic N) is 2. The SMILES string of the molecule is COc1ccc(C(=O)CCC(=O)c2cc(C=C(C)C)cc(-c3csc4c(F)cccc34)n2)cc1OC.COc1ccc(C(=O)CCC(=O)c2cc(CC(C)C)cc(-c3csc4c(F)cccc34)n2)cc1OC. The first-order chi connectivity index (χ1) is 34.6. The number of carbonyl (C=O) groups is 4. The van der Waals surface area contributed by atoms with Crippen molar-refractivity contribution in [1.82, 2.24) is 9.97 Å².